The third-order valence-corrected chi connectivity index (χ3v) is 5.04. The van der Waals surface area contributed by atoms with Crippen molar-refractivity contribution in [2.24, 2.45) is 0 Å². The molecule has 0 aliphatic carbocycles. The predicted molar refractivity (Wildman–Crippen MR) is 99.7 cm³/mol. The molecule has 0 aromatic heterocycles. The highest BCUT2D eigenvalue weighted by Crippen LogP contribution is 2.32. The van der Waals surface area contributed by atoms with Crippen LogP contribution in [0.15, 0.2) is 48.5 Å². The van der Waals surface area contributed by atoms with E-state index in [-0.39, 0.29) is 18.2 Å². The van der Waals surface area contributed by atoms with Crippen LogP contribution in [-0.4, -0.2) is 31.6 Å². The van der Waals surface area contributed by atoms with Gasteiger partial charge in [0.15, 0.2) is 0 Å². The van der Waals surface area contributed by atoms with Crippen molar-refractivity contribution in [3.8, 4) is 5.75 Å². The number of nitrogens with one attached hydrogen (secondary N) is 1. The van der Waals surface area contributed by atoms with Crippen LogP contribution in [0.2, 0.25) is 0 Å². The fraction of sp³-hybridized carbons (Fsp3) is 0.429. The van der Waals surface area contributed by atoms with Crippen LogP contribution in [0.25, 0.3) is 0 Å². The molecule has 1 saturated heterocycles. The molecule has 1 heterocycles. The van der Waals surface area contributed by atoms with Crippen LogP contribution in [0.1, 0.15) is 35.6 Å². The van der Waals surface area contributed by atoms with Gasteiger partial charge in [-0.2, -0.15) is 13.2 Å². The number of methoxy groups -OCH3 is 1. The maximum atomic E-state index is 13.2. The standard InChI is InChI=1S/C21H25F3N2O/c1-27-18-9-6-8-16(13-18)20(26-11-4-5-12-26)15-25-14-17-7-2-3-10-19(17)21(22,23)24/h2-3,6-10,13,20,25H,4-5,11-12,14-15H2,1H3. The first-order valence-corrected chi connectivity index (χ1v) is 9.23. The van der Waals surface area contributed by atoms with Crippen molar-refractivity contribution in [1.29, 1.82) is 0 Å². The third-order valence-electron chi connectivity index (χ3n) is 5.04. The number of halogens is 3. The Labute approximate surface area is 158 Å². The molecule has 0 saturated carbocycles. The highest BCUT2D eigenvalue weighted by Gasteiger charge is 2.32. The molecule has 146 valence electrons. The summed E-state index contributed by atoms with van der Waals surface area (Å²) in [6, 6.07) is 13.8. The molecule has 1 aliphatic rings. The Morgan fingerprint density at radius 1 is 1.07 bits per heavy atom. The normalized spacial score (nSPS) is 16.4. The van der Waals surface area contributed by atoms with Gasteiger partial charge >= 0.3 is 6.18 Å². The first-order chi connectivity index (χ1) is 13.0. The van der Waals surface area contributed by atoms with E-state index < -0.39 is 11.7 Å². The lowest BCUT2D eigenvalue weighted by atomic mass is 10.0. The molecule has 0 amide bonds. The monoisotopic (exact) mass is 378 g/mol. The molecule has 6 heteroatoms. The minimum Gasteiger partial charge on any atom is -0.497 e. The van der Waals surface area contributed by atoms with Crippen molar-refractivity contribution < 1.29 is 17.9 Å². The zero-order chi connectivity index (χ0) is 19.3. The summed E-state index contributed by atoms with van der Waals surface area (Å²) < 4.78 is 44.9. The molecule has 1 N–H and O–H groups in total. The van der Waals surface area contributed by atoms with E-state index in [4.69, 9.17) is 4.74 Å². The maximum Gasteiger partial charge on any atom is 0.416 e. The van der Waals surface area contributed by atoms with Crippen molar-refractivity contribution >= 4 is 0 Å². The van der Waals surface area contributed by atoms with Crippen molar-refractivity contribution in [2.75, 3.05) is 26.7 Å². The molecular formula is C21H25F3N2O. The number of benzene rings is 2. The van der Waals surface area contributed by atoms with E-state index in [1.807, 2.05) is 18.2 Å². The van der Waals surface area contributed by atoms with Gasteiger partial charge in [-0.25, -0.2) is 0 Å². The quantitative estimate of drug-likeness (QED) is 0.760. The molecule has 0 bridgehead atoms. The molecule has 1 fully saturated rings. The zero-order valence-electron chi connectivity index (χ0n) is 15.4. The van der Waals surface area contributed by atoms with Crippen LogP contribution in [0.3, 0.4) is 0 Å². The first-order valence-electron chi connectivity index (χ1n) is 9.23. The Kier molecular flexibility index (Phi) is 6.39. The second-order valence-corrected chi connectivity index (χ2v) is 6.82. The molecule has 2 aromatic carbocycles. The Hall–Kier alpha value is -2.05. The Bertz CT molecular complexity index is 742. The predicted octanol–water partition coefficient (Wildman–Crippen LogP) is 4.64. The van der Waals surface area contributed by atoms with Gasteiger partial charge in [0.05, 0.1) is 12.7 Å². The van der Waals surface area contributed by atoms with E-state index in [1.165, 1.54) is 12.1 Å². The van der Waals surface area contributed by atoms with Gasteiger partial charge in [0, 0.05) is 19.1 Å². The minimum atomic E-state index is -4.33. The molecule has 3 rings (SSSR count). The lowest BCUT2D eigenvalue weighted by Crippen LogP contribution is -2.34. The van der Waals surface area contributed by atoms with E-state index in [1.54, 1.807) is 13.2 Å². The molecular weight excluding hydrogens is 353 g/mol. The molecule has 0 spiro atoms. The van der Waals surface area contributed by atoms with Crippen LogP contribution in [0.4, 0.5) is 13.2 Å². The number of hydrogen-bond donors (Lipinski definition) is 1. The van der Waals surface area contributed by atoms with Gasteiger partial charge in [-0.1, -0.05) is 30.3 Å². The number of hydrogen-bond acceptors (Lipinski definition) is 3. The second-order valence-electron chi connectivity index (χ2n) is 6.82. The summed E-state index contributed by atoms with van der Waals surface area (Å²) in [5, 5.41) is 3.24. The maximum absolute atomic E-state index is 13.2. The number of rotatable bonds is 7. The highest BCUT2D eigenvalue weighted by atomic mass is 19.4. The van der Waals surface area contributed by atoms with Crippen LogP contribution in [-0.2, 0) is 12.7 Å². The summed E-state index contributed by atoms with van der Waals surface area (Å²) in [4.78, 5) is 2.39. The van der Waals surface area contributed by atoms with E-state index in [9.17, 15) is 13.2 Å². The average molecular weight is 378 g/mol. The van der Waals surface area contributed by atoms with Gasteiger partial charge in [-0.15, -0.1) is 0 Å². The number of alkyl halides is 3. The van der Waals surface area contributed by atoms with E-state index in [0.717, 1.165) is 43.3 Å². The SMILES string of the molecule is COc1cccc(C(CNCc2ccccc2C(F)(F)F)N2CCCC2)c1. The van der Waals surface area contributed by atoms with E-state index in [0.29, 0.717) is 6.54 Å². The van der Waals surface area contributed by atoms with E-state index >= 15 is 0 Å². The molecule has 1 aliphatic heterocycles. The fourth-order valence-corrected chi connectivity index (χ4v) is 3.65. The molecule has 0 radical (unpaired) electrons. The molecule has 1 unspecified atom stereocenters. The molecule has 1 atom stereocenters. The fourth-order valence-electron chi connectivity index (χ4n) is 3.65. The number of ether oxygens (including phenoxy) is 1. The number of nitrogens with zero attached hydrogens (tertiary/aromatic N) is 1. The van der Waals surface area contributed by atoms with Crippen molar-refractivity contribution in [2.45, 2.75) is 31.6 Å². The lowest BCUT2D eigenvalue weighted by Gasteiger charge is -2.29. The minimum absolute atomic E-state index is 0.112. The molecule has 3 nitrogen and oxygen atoms in total. The van der Waals surface area contributed by atoms with Crippen LogP contribution >= 0.6 is 0 Å². The third kappa shape index (κ3) is 5.02. The topological polar surface area (TPSA) is 24.5 Å². The van der Waals surface area contributed by atoms with Gasteiger partial charge in [0.1, 0.15) is 5.75 Å². The van der Waals surface area contributed by atoms with E-state index in [2.05, 4.69) is 16.3 Å². The summed E-state index contributed by atoms with van der Waals surface area (Å²) in [6.07, 6.45) is -2.03. The van der Waals surface area contributed by atoms with Crippen LogP contribution in [0, 0.1) is 0 Å². The Morgan fingerprint density at radius 3 is 2.52 bits per heavy atom. The van der Waals surface area contributed by atoms with Crippen molar-refractivity contribution in [3.63, 3.8) is 0 Å². The molecule has 2 aromatic rings. The average Bonchev–Trinajstić information content (AvgIpc) is 3.19. The van der Waals surface area contributed by atoms with Crippen molar-refractivity contribution in [1.82, 2.24) is 10.2 Å². The van der Waals surface area contributed by atoms with Gasteiger partial charge in [-0.05, 0) is 55.3 Å². The highest BCUT2D eigenvalue weighted by molar-refractivity contribution is 5.32. The smallest absolute Gasteiger partial charge is 0.416 e. The summed E-state index contributed by atoms with van der Waals surface area (Å²) in [5.41, 5.74) is 0.820. The Balaban J connectivity index is 1.72. The second kappa shape index (κ2) is 8.76. The van der Waals surface area contributed by atoms with Gasteiger partial charge in [0.2, 0.25) is 0 Å². The summed E-state index contributed by atoms with van der Waals surface area (Å²) in [6.45, 7) is 2.77. The van der Waals surface area contributed by atoms with Crippen LogP contribution < -0.4 is 10.1 Å². The first kappa shape index (κ1) is 19.7. The largest absolute Gasteiger partial charge is 0.497 e. The van der Waals surface area contributed by atoms with Gasteiger partial charge in [0.25, 0.3) is 0 Å². The lowest BCUT2D eigenvalue weighted by molar-refractivity contribution is -0.138. The van der Waals surface area contributed by atoms with Crippen molar-refractivity contribution in [3.05, 3.63) is 65.2 Å². The number of likely N-dealkylation sites (tertiary alicyclic amines) is 1. The summed E-state index contributed by atoms with van der Waals surface area (Å²) in [7, 11) is 1.64. The summed E-state index contributed by atoms with van der Waals surface area (Å²) >= 11 is 0. The Morgan fingerprint density at radius 2 is 1.81 bits per heavy atom. The summed E-state index contributed by atoms with van der Waals surface area (Å²) in [5.74, 6) is 0.791. The molecule has 27 heavy (non-hydrogen) atoms. The zero-order valence-corrected chi connectivity index (χ0v) is 15.4. The van der Waals surface area contributed by atoms with Crippen LogP contribution in [0.5, 0.6) is 5.75 Å². The van der Waals surface area contributed by atoms with Gasteiger partial charge < -0.3 is 10.1 Å². The van der Waals surface area contributed by atoms with Gasteiger partial charge in [-0.3, -0.25) is 4.90 Å².